The Bertz CT molecular complexity index is 1320. The van der Waals surface area contributed by atoms with Crippen LogP contribution in [0.4, 0.5) is 8.78 Å². The maximum absolute atomic E-state index is 16.2. The third kappa shape index (κ3) is 8.38. The van der Waals surface area contributed by atoms with Crippen molar-refractivity contribution in [3.63, 3.8) is 0 Å². The van der Waals surface area contributed by atoms with Crippen LogP contribution in [0.2, 0.25) is 10.1 Å². The predicted octanol–water partition coefficient (Wildman–Crippen LogP) is 7.61. The minimum Gasteiger partial charge on any atom is -0.404 e. The number of benzene rings is 4. The van der Waals surface area contributed by atoms with E-state index < -0.39 is 28.0 Å². The summed E-state index contributed by atoms with van der Waals surface area (Å²) in [6.45, 7) is 14.9. The highest BCUT2D eigenvalue weighted by molar-refractivity contribution is 7.00. The van der Waals surface area contributed by atoms with Crippen LogP contribution in [-0.4, -0.2) is 54.4 Å². The van der Waals surface area contributed by atoms with Crippen LogP contribution in [0.3, 0.4) is 0 Å². The van der Waals surface area contributed by atoms with E-state index in [2.05, 4.69) is 90.1 Å². The summed E-state index contributed by atoms with van der Waals surface area (Å²) in [6, 6.07) is 40.6. The Balaban J connectivity index is 1.49. The number of hydrogen-bond donors (Lipinski definition) is 0. The minimum absolute atomic E-state index is 0.179. The largest absolute Gasteiger partial charge is 0.404 e. The first-order valence-corrected chi connectivity index (χ1v) is 20.3. The summed E-state index contributed by atoms with van der Waals surface area (Å²) in [5.41, 5.74) is -3.69. The molecular formula is C40H52F2O3Si2. The van der Waals surface area contributed by atoms with Crippen molar-refractivity contribution in [2.45, 2.75) is 76.8 Å². The number of halogens is 2. The molecular weight excluding hydrogens is 623 g/mol. The van der Waals surface area contributed by atoms with Crippen LogP contribution < -0.4 is 20.7 Å². The summed E-state index contributed by atoms with van der Waals surface area (Å²) in [5, 5.41) is 3.73. The first-order chi connectivity index (χ1) is 22.0. The monoisotopic (exact) mass is 674 g/mol. The van der Waals surface area contributed by atoms with Gasteiger partial charge in [-0.2, -0.15) is 0 Å². The van der Waals surface area contributed by atoms with E-state index in [4.69, 9.17) is 13.6 Å². The molecule has 4 rings (SSSR count). The maximum atomic E-state index is 16.2. The zero-order chi connectivity index (χ0) is 34.4. The summed E-state index contributed by atoms with van der Waals surface area (Å²) in [4.78, 5) is 0. The fourth-order valence-electron chi connectivity index (χ4n) is 6.60. The van der Waals surface area contributed by atoms with E-state index in [0.29, 0.717) is 0 Å². The van der Waals surface area contributed by atoms with Crippen LogP contribution in [0.5, 0.6) is 0 Å². The van der Waals surface area contributed by atoms with E-state index in [9.17, 15) is 0 Å². The Morgan fingerprint density at radius 1 is 0.404 bits per heavy atom. The van der Waals surface area contributed by atoms with Crippen molar-refractivity contribution < 1.29 is 22.4 Å². The van der Waals surface area contributed by atoms with Crippen molar-refractivity contribution in [3.05, 3.63) is 121 Å². The van der Waals surface area contributed by atoms with Crippen LogP contribution in [-0.2, 0) is 13.6 Å². The molecule has 0 fully saturated rings. The second kappa shape index (κ2) is 14.7. The second-order valence-corrected chi connectivity index (χ2v) is 23.8. The quantitative estimate of drug-likeness (QED) is 0.129. The molecule has 0 aliphatic rings. The van der Waals surface area contributed by atoms with Gasteiger partial charge in [0, 0.05) is 0 Å². The SMILES string of the molecule is CC(F)(COCC(C)(F)CO[Si](c1ccccc1)(c1ccccc1)C(C)(C)C)CO[Si](c1ccccc1)(c1ccccc1)C(C)(C)C. The molecule has 252 valence electrons. The molecule has 3 nitrogen and oxygen atoms in total. The molecule has 0 saturated heterocycles. The third-order valence-corrected chi connectivity index (χ3v) is 18.8. The molecule has 0 aromatic heterocycles. The van der Waals surface area contributed by atoms with Gasteiger partial charge < -0.3 is 13.6 Å². The number of alkyl halides is 2. The molecule has 4 aromatic carbocycles. The molecule has 0 spiro atoms. The lowest BCUT2D eigenvalue weighted by atomic mass is 10.1. The van der Waals surface area contributed by atoms with Crippen molar-refractivity contribution in [2.75, 3.05) is 26.4 Å². The number of hydrogen-bond acceptors (Lipinski definition) is 3. The van der Waals surface area contributed by atoms with Gasteiger partial charge in [0.2, 0.25) is 0 Å². The molecule has 0 radical (unpaired) electrons. The van der Waals surface area contributed by atoms with Gasteiger partial charge in [-0.25, -0.2) is 8.78 Å². The molecule has 0 heterocycles. The van der Waals surface area contributed by atoms with Crippen molar-refractivity contribution >= 4 is 37.4 Å². The van der Waals surface area contributed by atoms with Gasteiger partial charge in [-0.05, 0) is 44.7 Å². The smallest absolute Gasteiger partial charge is 0.261 e. The highest BCUT2D eigenvalue weighted by atomic mass is 28.4. The van der Waals surface area contributed by atoms with Gasteiger partial charge in [-0.3, -0.25) is 0 Å². The Morgan fingerprint density at radius 3 is 0.851 bits per heavy atom. The maximum Gasteiger partial charge on any atom is 0.261 e. The van der Waals surface area contributed by atoms with E-state index in [1.165, 1.54) is 13.8 Å². The summed E-state index contributed by atoms with van der Waals surface area (Å²) >= 11 is 0. The fraction of sp³-hybridized carbons (Fsp3) is 0.400. The average molecular weight is 675 g/mol. The third-order valence-electron chi connectivity index (χ3n) is 8.82. The molecule has 0 N–H and O–H groups in total. The summed E-state index contributed by atoms with van der Waals surface area (Å²) in [7, 11) is -5.87. The van der Waals surface area contributed by atoms with E-state index in [0.717, 1.165) is 20.7 Å². The van der Waals surface area contributed by atoms with E-state index in [1.54, 1.807) is 0 Å². The van der Waals surface area contributed by atoms with E-state index >= 15 is 8.78 Å². The Labute approximate surface area is 283 Å². The normalized spacial score (nSPS) is 15.5. The van der Waals surface area contributed by atoms with Crippen LogP contribution in [0.1, 0.15) is 55.4 Å². The zero-order valence-corrected chi connectivity index (χ0v) is 31.4. The molecule has 4 aromatic rings. The molecule has 0 amide bonds. The van der Waals surface area contributed by atoms with Crippen molar-refractivity contribution in [1.29, 1.82) is 0 Å². The number of ether oxygens (including phenoxy) is 1. The summed E-state index contributed by atoms with van der Waals surface area (Å²) in [5.74, 6) is 0. The Hall–Kier alpha value is -2.95. The first kappa shape index (κ1) is 36.9. The van der Waals surface area contributed by atoms with Gasteiger partial charge in [0.05, 0.1) is 26.4 Å². The molecule has 2 unspecified atom stereocenters. The van der Waals surface area contributed by atoms with Gasteiger partial charge in [0.1, 0.15) is 0 Å². The molecule has 0 aliphatic heterocycles. The summed E-state index contributed by atoms with van der Waals surface area (Å²) < 4.78 is 51.9. The molecule has 2 atom stereocenters. The minimum atomic E-state index is -2.94. The molecule has 0 bridgehead atoms. The predicted molar refractivity (Wildman–Crippen MR) is 197 cm³/mol. The van der Waals surface area contributed by atoms with Gasteiger partial charge in [-0.15, -0.1) is 0 Å². The molecule has 7 heteroatoms. The fourth-order valence-corrected chi connectivity index (χ4v) is 15.9. The lowest BCUT2D eigenvalue weighted by molar-refractivity contribution is -0.0526. The van der Waals surface area contributed by atoms with E-state index in [1.807, 2.05) is 72.8 Å². The number of rotatable bonds is 14. The van der Waals surface area contributed by atoms with Gasteiger partial charge >= 0.3 is 0 Å². The van der Waals surface area contributed by atoms with Crippen molar-refractivity contribution in [2.24, 2.45) is 0 Å². The lowest BCUT2D eigenvalue weighted by Gasteiger charge is -2.44. The highest BCUT2D eigenvalue weighted by Crippen LogP contribution is 2.39. The standard InChI is InChI=1S/C40H52F2O3Si2/c1-37(2,3)46(33-21-13-9-14-22-33,34-23-15-10-16-24-34)44-31-39(7,41)29-43-30-40(8,42)32-45-47(38(4,5)6,35-25-17-11-18-26-35)36-27-19-12-20-28-36/h9-28H,29-32H2,1-8H3. The molecule has 47 heavy (non-hydrogen) atoms. The molecule has 0 aliphatic carbocycles. The topological polar surface area (TPSA) is 27.7 Å². The lowest BCUT2D eigenvalue weighted by Crippen LogP contribution is -2.67. The first-order valence-electron chi connectivity index (χ1n) is 16.5. The summed E-state index contributed by atoms with van der Waals surface area (Å²) in [6.07, 6.45) is 0. The molecule has 0 saturated carbocycles. The Kier molecular flexibility index (Phi) is 11.5. The van der Waals surface area contributed by atoms with Crippen LogP contribution in [0.25, 0.3) is 0 Å². The van der Waals surface area contributed by atoms with Crippen molar-refractivity contribution in [1.82, 2.24) is 0 Å². The van der Waals surface area contributed by atoms with Crippen LogP contribution in [0, 0.1) is 0 Å². The van der Waals surface area contributed by atoms with Crippen LogP contribution >= 0.6 is 0 Å². The second-order valence-electron chi connectivity index (χ2n) is 15.2. The van der Waals surface area contributed by atoms with Crippen molar-refractivity contribution in [3.8, 4) is 0 Å². The van der Waals surface area contributed by atoms with Gasteiger partial charge in [0.25, 0.3) is 16.6 Å². The highest BCUT2D eigenvalue weighted by Gasteiger charge is 2.52. The van der Waals surface area contributed by atoms with Crippen LogP contribution in [0.15, 0.2) is 121 Å². The van der Waals surface area contributed by atoms with Gasteiger partial charge in [0.15, 0.2) is 11.3 Å². The van der Waals surface area contributed by atoms with E-state index in [-0.39, 0.29) is 36.5 Å². The average Bonchev–Trinajstić information content (AvgIpc) is 3.02. The Morgan fingerprint density at radius 2 is 0.638 bits per heavy atom. The zero-order valence-electron chi connectivity index (χ0n) is 29.4. The van der Waals surface area contributed by atoms with Gasteiger partial charge in [-0.1, -0.05) is 163 Å².